The van der Waals surface area contributed by atoms with Gasteiger partial charge in [-0.2, -0.15) is 4.80 Å². The van der Waals surface area contributed by atoms with Crippen LogP contribution in [0.3, 0.4) is 0 Å². The van der Waals surface area contributed by atoms with E-state index in [-0.39, 0.29) is 24.8 Å². The highest BCUT2D eigenvalue weighted by molar-refractivity contribution is 5.75. The average Bonchev–Trinajstić information content (AvgIpc) is 3.07. The quantitative estimate of drug-likeness (QED) is 0.575. The summed E-state index contributed by atoms with van der Waals surface area (Å²) in [6.07, 6.45) is 0.797. The maximum Gasteiger partial charge on any atom is 0.305 e. The van der Waals surface area contributed by atoms with Gasteiger partial charge >= 0.3 is 5.97 Å². The summed E-state index contributed by atoms with van der Waals surface area (Å²) in [5, 5.41) is 14.8. The Bertz CT molecular complexity index is 709. The van der Waals surface area contributed by atoms with Crippen LogP contribution in [0, 0.1) is 0 Å². The van der Waals surface area contributed by atoms with Crippen LogP contribution in [0.25, 0.3) is 11.4 Å². The Labute approximate surface area is 146 Å². The molecule has 8 heteroatoms. The van der Waals surface area contributed by atoms with Crippen molar-refractivity contribution in [1.82, 2.24) is 25.5 Å². The third-order valence-corrected chi connectivity index (χ3v) is 3.68. The van der Waals surface area contributed by atoms with Gasteiger partial charge in [-0.05, 0) is 23.1 Å². The van der Waals surface area contributed by atoms with Gasteiger partial charge in [-0.15, -0.1) is 10.2 Å². The number of benzene rings is 1. The van der Waals surface area contributed by atoms with Crippen LogP contribution in [0.1, 0.15) is 38.2 Å². The SMILES string of the molecule is COC(=O)CCCNC(=O)Cn1nnc(-c2ccc(C(C)C)cc2)n1. The van der Waals surface area contributed by atoms with Crippen molar-refractivity contribution in [3.8, 4) is 11.4 Å². The monoisotopic (exact) mass is 345 g/mol. The number of nitrogens with one attached hydrogen (secondary N) is 1. The van der Waals surface area contributed by atoms with Crippen LogP contribution >= 0.6 is 0 Å². The number of carbonyl (C=O) groups is 2. The van der Waals surface area contributed by atoms with Crippen molar-refractivity contribution >= 4 is 11.9 Å². The van der Waals surface area contributed by atoms with Crippen molar-refractivity contribution in [1.29, 1.82) is 0 Å². The molecule has 134 valence electrons. The number of hydrogen-bond acceptors (Lipinski definition) is 6. The van der Waals surface area contributed by atoms with Gasteiger partial charge in [-0.25, -0.2) is 0 Å². The fourth-order valence-corrected chi connectivity index (χ4v) is 2.19. The Morgan fingerprint density at radius 2 is 1.96 bits per heavy atom. The molecule has 0 bridgehead atoms. The van der Waals surface area contributed by atoms with Gasteiger partial charge in [0.05, 0.1) is 7.11 Å². The molecule has 0 radical (unpaired) electrons. The summed E-state index contributed by atoms with van der Waals surface area (Å²) in [4.78, 5) is 24.1. The van der Waals surface area contributed by atoms with Crippen molar-refractivity contribution in [2.24, 2.45) is 0 Å². The van der Waals surface area contributed by atoms with E-state index in [9.17, 15) is 9.59 Å². The molecule has 1 aromatic heterocycles. The van der Waals surface area contributed by atoms with E-state index in [0.717, 1.165) is 5.56 Å². The number of nitrogens with zero attached hydrogens (tertiary/aromatic N) is 4. The lowest BCUT2D eigenvalue weighted by Gasteiger charge is -2.05. The van der Waals surface area contributed by atoms with Gasteiger partial charge in [0.1, 0.15) is 6.54 Å². The minimum Gasteiger partial charge on any atom is -0.469 e. The van der Waals surface area contributed by atoms with Crippen LogP contribution in [-0.4, -0.2) is 45.7 Å². The van der Waals surface area contributed by atoms with Crippen LogP contribution in [0.15, 0.2) is 24.3 Å². The molecule has 0 aliphatic heterocycles. The minimum atomic E-state index is -0.291. The van der Waals surface area contributed by atoms with E-state index >= 15 is 0 Å². The predicted octanol–water partition coefficient (Wildman–Crippen LogP) is 1.53. The largest absolute Gasteiger partial charge is 0.469 e. The van der Waals surface area contributed by atoms with Gasteiger partial charge in [0.2, 0.25) is 11.7 Å². The van der Waals surface area contributed by atoms with Gasteiger partial charge < -0.3 is 10.1 Å². The third-order valence-electron chi connectivity index (χ3n) is 3.68. The van der Waals surface area contributed by atoms with Gasteiger partial charge in [-0.1, -0.05) is 38.1 Å². The zero-order valence-corrected chi connectivity index (χ0v) is 14.7. The maximum absolute atomic E-state index is 11.8. The summed E-state index contributed by atoms with van der Waals surface area (Å²) in [6, 6.07) is 7.97. The number of carbonyl (C=O) groups excluding carboxylic acids is 2. The first-order valence-electron chi connectivity index (χ1n) is 8.21. The number of esters is 1. The molecule has 1 aromatic carbocycles. The molecule has 0 saturated carbocycles. The predicted molar refractivity (Wildman–Crippen MR) is 91.6 cm³/mol. The fraction of sp³-hybridized carbons (Fsp3) is 0.471. The first kappa shape index (κ1) is 18.6. The number of ether oxygens (including phenoxy) is 1. The highest BCUT2D eigenvalue weighted by Crippen LogP contribution is 2.19. The van der Waals surface area contributed by atoms with E-state index < -0.39 is 0 Å². The summed E-state index contributed by atoms with van der Waals surface area (Å²) in [6.45, 7) is 4.64. The molecule has 2 rings (SSSR count). The smallest absolute Gasteiger partial charge is 0.305 e. The van der Waals surface area contributed by atoms with E-state index in [1.54, 1.807) is 0 Å². The van der Waals surface area contributed by atoms with Gasteiger partial charge in [0.15, 0.2) is 0 Å². The lowest BCUT2D eigenvalue weighted by Crippen LogP contribution is -2.29. The highest BCUT2D eigenvalue weighted by atomic mass is 16.5. The first-order valence-corrected chi connectivity index (χ1v) is 8.21. The van der Waals surface area contributed by atoms with Crippen LogP contribution in [-0.2, 0) is 20.9 Å². The summed E-state index contributed by atoms with van der Waals surface area (Å²) in [5.41, 5.74) is 2.09. The molecule has 1 amide bonds. The lowest BCUT2D eigenvalue weighted by molar-refractivity contribution is -0.140. The molecule has 25 heavy (non-hydrogen) atoms. The second-order valence-electron chi connectivity index (χ2n) is 5.95. The van der Waals surface area contributed by atoms with Crippen molar-refractivity contribution < 1.29 is 14.3 Å². The molecule has 0 unspecified atom stereocenters. The van der Waals surface area contributed by atoms with Crippen molar-refractivity contribution in [2.75, 3.05) is 13.7 Å². The molecule has 8 nitrogen and oxygen atoms in total. The van der Waals surface area contributed by atoms with Crippen LogP contribution < -0.4 is 5.32 Å². The fourth-order valence-electron chi connectivity index (χ4n) is 2.19. The first-order chi connectivity index (χ1) is 12.0. The van der Waals surface area contributed by atoms with E-state index in [1.807, 2.05) is 24.3 Å². The summed E-state index contributed by atoms with van der Waals surface area (Å²) in [7, 11) is 1.34. The Kier molecular flexibility index (Phi) is 6.62. The Morgan fingerprint density at radius 1 is 1.24 bits per heavy atom. The zero-order valence-electron chi connectivity index (χ0n) is 14.7. The molecule has 0 aliphatic carbocycles. The minimum absolute atomic E-state index is 0.0185. The Hall–Kier alpha value is -2.77. The average molecular weight is 345 g/mol. The molecule has 0 atom stereocenters. The topological polar surface area (TPSA) is 99.0 Å². The van der Waals surface area contributed by atoms with Crippen LogP contribution in [0.5, 0.6) is 0 Å². The van der Waals surface area contributed by atoms with E-state index in [4.69, 9.17) is 0 Å². The summed E-state index contributed by atoms with van der Waals surface area (Å²) in [5.74, 6) is 0.415. The molecule has 0 spiro atoms. The normalized spacial score (nSPS) is 10.7. The van der Waals surface area contributed by atoms with Gasteiger partial charge in [0, 0.05) is 18.5 Å². The number of methoxy groups -OCH3 is 1. The molecular formula is C17H23N5O3. The molecule has 0 fully saturated rings. The molecule has 2 aromatic rings. The number of tetrazole rings is 1. The molecule has 0 saturated heterocycles. The Morgan fingerprint density at radius 3 is 2.60 bits per heavy atom. The van der Waals surface area contributed by atoms with Crippen molar-refractivity contribution in [3.05, 3.63) is 29.8 Å². The van der Waals surface area contributed by atoms with Crippen molar-refractivity contribution in [3.63, 3.8) is 0 Å². The number of rotatable bonds is 8. The molecule has 0 aliphatic rings. The number of hydrogen-bond donors (Lipinski definition) is 1. The number of amides is 1. The molecule has 1 N–H and O–H groups in total. The lowest BCUT2D eigenvalue weighted by atomic mass is 10.0. The summed E-state index contributed by atoms with van der Waals surface area (Å²) < 4.78 is 4.53. The second kappa shape index (κ2) is 8.91. The summed E-state index contributed by atoms with van der Waals surface area (Å²) >= 11 is 0. The number of aromatic nitrogens is 4. The Balaban J connectivity index is 1.84. The van der Waals surface area contributed by atoms with Crippen molar-refractivity contribution in [2.45, 2.75) is 39.2 Å². The second-order valence-corrected chi connectivity index (χ2v) is 5.95. The highest BCUT2D eigenvalue weighted by Gasteiger charge is 2.10. The van der Waals surface area contributed by atoms with Crippen LogP contribution in [0.4, 0.5) is 0 Å². The molecule has 1 heterocycles. The zero-order chi connectivity index (χ0) is 18.2. The third kappa shape index (κ3) is 5.66. The van der Waals surface area contributed by atoms with E-state index in [1.165, 1.54) is 17.5 Å². The standard InChI is InChI=1S/C17H23N5O3/c1-12(2)13-6-8-14(9-7-13)17-19-21-22(20-17)11-15(23)18-10-4-5-16(24)25-3/h6-9,12H,4-5,10-11H2,1-3H3,(H,18,23). The molecular weight excluding hydrogens is 322 g/mol. The van der Waals surface area contributed by atoms with Gasteiger partial charge in [0.25, 0.3) is 0 Å². The van der Waals surface area contributed by atoms with E-state index in [0.29, 0.717) is 24.7 Å². The van der Waals surface area contributed by atoms with Gasteiger partial charge in [-0.3, -0.25) is 9.59 Å². The maximum atomic E-state index is 11.8. The van der Waals surface area contributed by atoms with E-state index in [2.05, 4.69) is 39.3 Å². The van der Waals surface area contributed by atoms with Crippen LogP contribution in [0.2, 0.25) is 0 Å².